The Morgan fingerprint density at radius 3 is 2.38 bits per heavy atom. The molecule has 0 heterocycles. The zero-order chi connectivity index (χ0) is 17.5. The lowest BCUT2D eigenvalue weighted by molar-refractivity contribution is -0.131. The molecule has 0 bridgehead atoms. The number of carbonyl (C=O) groups is 2. The summed E-state index contributed by atoms with van der Waals surface area (Å²) in [4.78, 5) is 23.6. The van der Waals surface area contributed by atoms with Gasteiger partial charge in [-0.3, -0.25) is 4.79 Å². The van der Waals surface area contributed by atoms with E-state index < -0.39 is 11.9 Å². The lowest BCUT2D eigenvalue weighted by Crippen LogP contribution is -2.13. The number of esters is 2. The van der Waals surface area contributed by atoms with Crippen LogP contribution in [0.5, 0.6) is 17.2 Å². The first-order valence-electron chi connectivity index (χ1n) is 7.35. The van der Waals surface area contributed by atoms with Crippen molar-refractivity contribution in [2.75, 3.05) is 7.11 Å². The molecule has 0 spiro atoms. The van der Waals surface area contributed by atoms with Crippen LogP contribution in [0.15, 0.2) is 48.5 Å². The normalized spacial score (nSPS) is 10.5. The number of ether oxygens (including phenoxy) is 3. The van der Waals surface area contributed by atoms with Crippen molar-refractivity contribution in [3.8, 4) is 17.2 Å². The Bertz CT molecular complexity index is 777. The Hall–Kier alpha value is -3.08. The van der Waals surface area contributed by atoms with E-state index in [2.05, 4.69) is 0 Å². The predicted molar refractivity (Wildman–Crippen MR) is 90.4 cm³/mol. The summed E-state index contributed by atoms with van der Waals surface area (Å²) in [5.41, 5.74) is 1.08. The van der Waals surface area contributed by atoms with Gasteiger partial charge in [-0.25, -0.2) is 4.79 Å². The molecule has 0 fully saturated rings. The van der Waals surface area contributed by atoms with E-state index in [1.165, 1.54) is 26.2 Å². The number of para-hydroxylation sites is 1. The molecule has 2 rings (SSSR count). The van der Waals surface area contributed by atoms with Crippen molar-refractivity contribution in [1.29, 1.82) is 0 Å². The van der Waals surface area contributed by atoms with Gasteiger partial charge in [0.05, 0.1) is 7.11 Å². The highest BCUT2D eigenvalue weighted by Gasteiger charge is 2.17. The number of rotatable bonds is 5. The van der Waals surface area contributed by atoms with Crippen LogP contribution in [0.25, 0.3) is 6.08 Å². The smallest absolute Gasteiger partial charge is 0.347 e. The molecular weight excluding hydrogens is 308 g/mol. The maximum atomic E-state index is 12.4. The quantitative estimate of drug-likeness (QED) is 0.616. The third-order valence-electron chi connectivity index (χ3n) is 3.11. The molecule has 2 aromatic rings. The van der Waals surface area contributed by atoms with Gasteiger partial charge in [-0.15, -0.1) is 0 Å². The van der Waals surface area contributed by atoms with Crippen LogP contribution in [0.3, 0.4) is 0 Å². The fraction of sp³-hybridized carbons (Fsp3) is 0.158. The first-order chi connectivity index (χ1) is 11.5. The van der Waals surface area contributed by atoms with Crippen LogP contribution in [-0.2, 0) is 4.79 Å². The summed E-state index contributed by atoms with van der Waals surface area (Å²) in [6, 6.07) is 11.6. The summed E-state index contributed by atoms with van der Waals surface area (Å²) in [5, 5.41) is 0. The molecular formula is C19H18O5. The molecule has 0 aliphatic carbocycles. The lowest BCUT2D eigenvalue weighted by Gasteiger charge is -2.11. The zero-order valence-corrected chi connectivity index (χ0v) is 13.7. The van der Waals surface area contributed by atoms with Crippen LogP contribution < -0.4 is 14.2 Å². The van der Waals surface area contributed by atoms with Crippen molar-refractivity contribution < 1.29 is 23.8 Å². The molecule has 0 N–H and O–H groups in total. The zero-order valence-electron chi connectivity index (χ0n) is 13.7. The van der Waals surface area contributed by atoms with Crippen LogP contribution in [-0.4, -0.2) is 19.0 Å². The minimum atomic E-state index is -0.635. The second kappa shape index (κ2) is 7.97. The van der Waals surface area contributed by atoms with Crippen LogP contribution in [0, 0.1) is 0 Å². The Balaban J connectivity index is 2.28. The Morgan fingerprint density at radius 1 is 0.958 bits per heavy atom. The molecule has 0 saturated carbocycles. The van der Waals surface area contributed by atoms with Crippen LogP contribution in [0.4, 0.5) is 0 Å². The second-order valence-corrected chi connectivity index (χ2v) is 4.89. The molecule has 0 unspecified atom stereocenters. The molecule has 0 atom stereocenters. The van der Waals surface area contributed by atoms with Gasteiger partial charge in [0.25, 0.3) is 0 Å². The van der Waals surface area contributed by atoms with E-state index in [0.29, 0.717) is 5.75 Å². The van der Waals surface area contributed by atoms with E-state index in [1.807, 2.05) is 25.1 Å². The first-order valence-corrected chi connectivity index (χ1v) is 7.35. The Labute approximate surface area is 140 Å². The molecule has 24 heavy (non-hydrogen) atoms. The molecule has 0 aliphatic heterocycles. The number of allylic oxidation sites excluding steroid dienone is 1. The molecule has 0 amide bonds. The molecule has 0 saturated heterocycles. The Kier molecular flexibility index (Phi) is 5.73. The number of hydrogen-bond donors (Lipinski definition) is 0. The minimum absolute atomic E-state index is 0.152. The average Bonchev–Trinajstić information content (AvgIpc) is 2.56. The van der Waals surface area contributed by atoms with E-state index in [4.69, 9.17) is 14.2 Å². The topological polar surface area (TPSA) is 61.8 Å². The van der Waals surface area contributed by atoms with Gasteiger partial charge in [0.15, 0.2) is 11.5 Å². The molecule has 124 valence electrons. The van der Waals surface area contributed by atoms with Crippen molar-refractivity contribution in [3.05, 3.63) is 59.7 Å². The van der Waals surface area contributed by atoms with E-state index in [-0.39, 0.29) is 17.1 Å². The number of hydrogen-bond acceptors (Lipinski definition) is 5. The SMILES string of the molecule is C/C=C/c1ccc(OC(=O)c2ccccc2OC(C)=O)c(OC)c1. The van der Waals surface area contributed by atoms with Gasteiger partial charge in [0, 0.05) is 6.92 Å². The fourth-order valence-corrected chi connectivity index (χ4v) is 2.10. The molecule has 5 heteroatoms. The van der Waals surface area contributed by atoms with Gasteiger partial charge in [-0.2, -0.15) is 0 Å². The summed E-state index contributed by atoms with van der Waals surface area (Å²) in [7, 11) is 1.50. The average molecular weight is 326 g/mol. The maximum absolute atomic E-state index is 12.4. The fourth-order valence-electron chi connectivity index (χ4n) is 2.10. The van der Waals surface area contributed by atoms with Crippen molar-refractivity contribution in [1.82, 2.24) is 0 Å². The van der Waals surface area contributed by atoms with E-state index in [9.17, 15) is 9.59 Å². The first kappa shape index (κ1) is 17.3. The molecule has 5 nitrogen and oxygen atoms in total. The van der Waals surface area contributed by atoms with Gasteiger partial charge in [-0.05, 0) is 36.8 Å². The number of benzene rings is 2. The van der Waals surface area contributed by atoms with Crippen LogP contribution in [0.2, 0.25) is 0 Å². The van der Waals surface area contributed by atoms with Crippen LogP contribution in [0.1, 0.15) is 29.8 Å². The number of methoxy groups -OCH3 is 1. The van der Waals surface area contributed by atoms with Gasteiger partial charge >= 0.3 is 11.9 Å². The number of carbonyl (C=O) groups excluding carboxylic acids is 2. The Morgan fingerprint density at radius 2 is 1.71 bits per heavy atom. The van der Waals surface area contributed by atoms with Crippen molar-refractivity contribution in [2.45, 2.75) is 13.8 Å². The molecule has 2 aromatic carbocycles. The van der Waals surface area contributed by atoms with Crippen molar-refractivity contribution in [3.63, 3.8) is 0 Å². The summed E-state index contributed by atoms with van der Waals surface area (Å²) >= 11 is 0. The highest BCUT2D eigenvalue weighted by Crippen LogP contribution is 2.30. The summed E-state index contributed by atoms with van der Waals surface area (Å²) in [6.07, 6.45) is 3.81. The standard InChI is InChI=1S/C19H18O5/c1-4-7-14-10-11-17(18(12-14)22-3)24-19(21)15-8-5-6-9-16(15)23-13(2)20/h4-12H,1-3H3/b7-4+. The van der Waals surface area contributed by atoms with E-state index in [0.717, 1.165) is 5.56 Å². The summed E-state index contributed by atoms with van der Waals surface area (Å²) in [5.74, 6) is -0.274. The largest absolute Gasteiger partial charge is 0.493 e. The highest BCUT2D eigenvalue weighted by atomic mass is 16.6. The van der Waals surface area contributed by atoms with E-state index in [1.54, 1.807) is 24.3 Å². The van der Waals surface area contributed by atoms with Gasteiger partial charge in [-0.1, -0.05) is 30.4 Å². The van der Waals surface area contributed by atoms with Gasteiger partial charge in [0.2, 0.25) is 0 Å². The van der Waals surface area contributed by atoms with Crippen molar-refractivity contribution >= 4 is 18.0 Å². The molecule has 0 aromatic heterocycles. The third-order valence-corrected chi connectivity index (χ3v) is 3.11. The third kappa shape index (κ3) is 4.23. The maximum Gasteiger partial charge on any atom is 0.347 e. The van der Waals surface area contributed by atoms with E-state index >= 15 is 0 Å². The minimum Gasteiger partial charge on any atom is -0.493 e. The van der Waals surface area contributed by atoms with Gasteiger partial charge < -0.3 is 14.2 Å². The highest BCUT2D eigenvalue weighted by molar-refractivity contribution is 5.95. The lowest BCUT2D eigenvalue weighted by atomic mass is 10.2. The van der Waals surface area contributed by atoms with Gasteiger partial charge in [0.1, 0.15) is 11.3 Å². The summed E-state index contributed by atoms with van der Waals surface area (Å²) in [6.45, 7) is 3.18. The summed E-state index contributed by atoms with van der Waals surface area (Å²) < 4.78 is 15.7. The monoisotopic (exact) mass is 326 g/mol. The second-order valence-electron chi connectivity index (χ2n) is 4.89. The molecule has 0 aliphatic rings. The molecule has 0 radical (unpaired) electrons. The predicted octanol–water partition coefficient (Wildman–Crippen LogP) is 3.87. The van der Waals surface area contributed by atoms with Crippen LogP contribution >= 0.6 is 0 Å². The van der Waals surface area contributed by atoms with Crippen molar-refractivity contribution in [2.24, 2.45) is 0 Å².